The van der Waals surface area contributed by atoms with Gasteiger partial charge in [-0.15, -0.1) is 0 Å². The van der Waals surface area contributed by atoms with Crippen LogP contribution in [0, 0.1) is 0 Å². The van der Waals surface area contributed by atoms with Gasteiger partial charge < -0.3 is 10.6 Å². The van der Waals surface area contributed by atoms with Crippen molar-refractivity contribution in [3.05, 3.63) is 35.9 Å². The molecule has 1 aliphatic heterocycles. The second kappa shape index (κ2) is 5.33. The molecule has 0 bridgehead atoms. The highest BCUT2D eigenvalue weighted by Gasteiger charge is 2.35. The van der Waals surface area contributed by atoms with Gasteiger partial charge in [0, 0.05) is 5.54 Å². The highest BCUT2D eigenvalue weighted by Crippen LogP contribution is 2.26. The lowest BCUT2D eigenvalue weighted by atomic mass is 9.81. The van der Waals surface area contributed by atoms with E-state index in [4.69, 9.17) is 0 Å². The third-order valence-corrected chi connectivity index (χ3v) is 4.19. The number of benzene rings is 1. The first-order valence-corrected chi connectivity index (χ1v) is 7.03. The summed E-state index contributed by atoms with van der Waals surface area (Å²) in [4.78, 5) is 12.6. The molecule has 0 spiro atoms. The maximum Gasteiger partial charge on any atom is 0.230 e. The largest absolute Gasteiger partial charge is 0.350 e. The van der Waals surface area contributed by atoms with Gasteiger partial charge in [0.25, 0.3) is 0 Å². The van der Waals surface area contributed by atoms with Gasteiger partial charge in [0.2, 0.25) is 5.91 Å². The maximum atomic E-state index is 12.6. The van der Waals surface area contributed by atoms with Gasteiger partial charge in [-0.1, -0.05) is 30.3 Å². The molecule has 1 amide bonds. The van der Waals surface area contributed by atoms with E-state index >= 15 is 0 Å². The molecule has 1 saturated heterocycles. The first-order valence-electron chi connectivity index (χ1n) is 7.03. The Balaban J connectivity index is 2.10. The highest BCUT2D eigenvalue weighted by molar-refractivity contribution is 5.87. The Labute approximate surface area is 115 Å². The Hall–Kier alpha value is -1.35. The molecule has 0 saturated carbocycles. The first kappa shape index (κ1) is 14.1. The molecule has 0 radical (unpaired) electrons. The second-order valence-corrected chi connectivity index (χ2v) is 6.26. The zero-order valence-electron chi connectivity index (χ0n) is 12.1. The van der Waals surface area contributed by atoms with Crippen LogP contribution in [-0.4, -0.2) is 24.5 Å². The van der Waals surface area contributed by atoms with E-state index in [1.54, 1.807) is 0 Å². The molecule has 1 aromatic carbocycles. The summed E-state index contributed by atoms with van der Waals surface area (Å²) in [6.45, 7) is 8.07. The summed E-state index contributed by atoms with van der Waals surface area (Å²) in [5.41, 5.74) is 0.494. The monoisotopic (exact) mass is 260 g/mol. The Morgan fingerprint density at radius 2 is 1.79 bits per heavy atom. The van der Waals surface area contributed by atoms with Crippen molar-refractivity contribution in [2.75, 3.05) is 13.1 Å². The summed E-state index contributed by atoms with van der Waals surface area (Å²) in [6, 6.07) is 9.98. The number of piperidine rings is 1. The van der Waals surface area contributed by atoms with Gasteiger partial charge in [0.05, 0.1) is 5.41 Å². The number of amides is 1. The average Bonchev–Trinajstić information content (AvgIpc) is 2.40. The quantitative estimate of drug-likeness (QED) is 0.875. The van der Waals surface area contributed by atoms with E-state index < -0.39 is 5.41 Å². The lowest BCUT2D eigenvalue weighted by Crippen LogP contribution is -2.56. The average molecular weight is 260 g/mol. The minimum absolute atomic E-state index is 0.0750. The van der Waals surface area contributed by atoms with E-state index in [1.165, 1.54) is 0 Å². The lowest BCUT2D eigenvalue weighted by molar-refractivity contribution is -0.127. The molecule has 1 heterocycles. The van der Waals surface area contributed by atoms with E-state index in [9.17, 15) is 4.79 Å². The van der Waals surface area contributed by atoms with Crippen LogP contribution in [0.4, 0.5) is 0 Å². The summed E-state index contributed by atoms with van der Waals surface area (Å²) in [5, 5.41) is 6.59. The van der Waals surface area contributed by atoms with Crippen molar-refractivity contribution >= 4 is 5.91 Å². The van der Waals surface area contributed by atoms with Crippen LogP contribution in [0.3, 0.4) is 0 Å². The Morgan fingerprint density at radius 1 is 1.21 bits per heavy atom. The summed E-state index contributed by atoms with van der Waals surface area (Å²) in [7, 11) is 0. The van der Waals surface area contributed by atoms with Crippen LogP contribution in [0.2, 0.25) is 0 Å². The minimum atomic E-state index is -0.491. The van der Waals surface area contributed by atoms with Gasteiger partial charge in [0.15, 0.2) is 0 Å². The molecule has 2 rings (SSSR count). The van der Waals surface area contributed by atoms with Crippen LogP contribution in [0.5, 0.6) is 0 Å². The van der Waals surface area contributed by atoms with Crippen molar-refractivity contribution in [2.24, 2.45) is 0 Å². The molecule has 1 aliphatic rings. The predicted molar refractivity (Wildman–Crippen MR) is 78.1 cm³/mol. The smallest absolute Gasteiger partial charge is 0.230 e. The Bertz CT molecular complexity index is 433. The Kier molecular flexibility index (Phi) is 3.95. The molecule has 0 aromatic heterocycles. The van der Waals surface area contributed by atoms with Crippen LogP contribution in [0.15, 0.2) is 30.3 Å². The fraction of sp³-hybridized carbons (Fsp3) is 0.562. The number of carbonyl (C=O) groups is 1. The van der Waals surface area contributed by atoms with Crippen molar-refractivity contribution < 1.29 is 4.79 Å². The van der Waals surface area contributed by atoms with Gasteiger partial charge >= 0.3 is 0 Å². The SMILES string of the molecule is CC1(NC(=O)C(C)(C)c2ccccc2)CCNCC1. The molecule has 104 valence electrons. The zero-order chi connectivity index (χ0) is 13.9. The number of hydrogen-bond acceptors (Lipinski definition) is 2. The standard InChI is InChI=1S/C16H24N2O/c1-15(2,13-7-5-4-6-8-13)14(19)18-16(3)9-11-17-12-10-16/h4-8,17H,9-12H2,1-3H3,(H,18,19). The third kappa shape index (κ3) is 3.16. The fourth-order valence-electron chi connectivity index (χ4n) is 2.52. The van der Waals surface area contributed by atoms with E-state index in [2.05, 4.69) is 17.6 Å². The number of nitrogens with one attached hydrogen (secondary N) is 2. The molecule has 0 aliphatic carbocycles. The summed E-state index contributed by atoms with van der Waals surface area (Å²) < 4.78 is 0. The number of carbonyl (C=O) groups excluding carboxylic acids is 1. The zero-order valence-corrected chi connectivity index (χ0v) is 12.1. The molecule has 0 unspecified atom stereocenters. The number of hydrogen-bond donors (Lipinski definition) is 2. The van der Waals surface area contributed by atoms with E-state index in [0.717, 1.165) is 31.5 Å². The Morgan fingerprint density at radius 3 is 2.37 bits per heavy atom. The van der Waals surface area contributed by atoms with E-state index in [0.29, 0.717) is 0 Å². The van der Waals surface area contributed by atoms with Gasteiger partial charge in [0.1, 0.15) is 0 Å². The molecular formula is C16H24N2O. The van der Waals surface area contributed by atoms with Gasteiger partial charge in [-0.2, -0.15) is 0 Å². The van der Waals surface area contributed by atoms with Crippen molar-refractivity contribution in [1.82, 2.24) is 10.6 Å². The molecule has 3 heteroatoms. The molecule has 19 heavy (non-hydrogen) atoms. The molecule has 1 aromatic rings. The predicted octanol–water partition coefficient (Wildman–Crippen LogP) is 2.22. The summed E-state index contributed by atoms with van der Waals surface area (Å²) >= 11 is 0. The highest BCUT2D eigenvalue weighted by atomic mass is 16.2. The van der Waals surface area contributed by atoms with E-state index in [1.807, 2.05) is 44.2 Å². The minimum Gasteiger partial charge on any atom is -0.350 e. The summed E-state index contributed by atoms with van der Waals surface area (Å²) in [5.74, 6) is 0.114. The van der Waals surface area contributed by atoms with Crippen molar-refractivity contribution in [3.63, 3.8) is 0 Å². The van der Waals surface area contributed by atoms with Crippen molar-refractivity contribution in [3.8, 4) is 0 Å². The van der Waals surface area contributed by atoms with E-state index in [-0.39, 0.29) is 11.4 Å². The number of rotatable bonds is 3. The normalized spacial score (nSPS) is 18.9. The molecule has 3 nitrogen and oxygen atoms in total. The van der Waals surface area contributed by atoms with Crippen LogP contribution in [-0.2, 0) is 10.2 Å². The molecule has 0 atom stereocenters. The lowest BCUT2D eigenvalue weighted by Gasteiger charge is -2.38. The molecule has 1 fully saturated rings. The van der Waals surface area contributed by atoms with Crippen LogP contribution in [0.1, 0.15) is 39.2 Å². The van der Waals surface area contributed by atoms with Crippen LogP contribution >= 0.6 is 0 Å². The first-order chi connectivity index (χ1) is 8.94. The third-order valence-electron chi connectivity index (χ3n) is 4.19. The molecule has 2 N–H and O–H groups in total. The topological polar surface area (TPSA) is 41.1 Å². The van der Waals surface area contributed by atoms with Gasteiger partial charge in [-0.25, -0.2) is 0 Å². The fourth-order valence-corrected chi connectivity index (χ4v) is 2.52. The summed E-state index contributed by atoms with van der Waals surface area (Å²) in [6.07, 6.45) is 1.98. The van der Waals surface area contributed by atoms with Crippen LogP contribution < -0.4 is 10.6 Å². The van der Waals surface area contributed by atoms with Gasteiger partial charge in [-0.3, -0.25) is 4.79 Å². The second-order valence-electron chi connectivity index (χ2n) is 6.26. The van der Waals surface area contributed by atoms with Gasteiger partial charge in [-0.05, 0) is 52.3 Å². The van der Waals surface area contributed by atoms with Crippen LogP contribution in [0.25, 0.3) is 0 Å². The van der Waals surface area contributed by atoms with Crippen molar-refractivity contribution in [2.45, 2.75) is 44.6 Å². The molecular weight excluding hydrogens is 236 g/mol. The maximum absolute atomic E-state index is 12.6. The van der Waals surface area contributed by atoms with Crippen molar-refractivity contribution in [1.29, 1.82) is 0 Å².